The van der Waals surface area contributed by atoms with Crippen LogP contribution in [0.4, 0.5) is 11.4 Å². The first-order valence-corrected chi connectivity index (χ1v) is 8.52. The zero-order valence-corrected chi connectivity index (χ0v) is 13.7. The van der Waals surface area contributed by atoms with Crippen LogP contribution < -0.4 is 4.90 Å². The first kappa shape index (κ1) is 16.9. The number of aliphatic hydroxyl groups is 1. The number of anilines is 1. The molecule has 1 fully saturated rings. The normalized spacial score (nSPS) is 20.4. The Labute approximate surface area is 141 Å². The van der Waals surface area contributed by atoms with Gasteiger partial charge in [-0.2, -0.15) is 0 Å². The van der Waals surface area contributed by atoms with Gasteiger partial charge >= 0.3 is 0 Å². The molecule has 7 heteroatoms. The summed E-state index contributed by atoms with van der Waals surface area (Å²) >= 11 is 0. The number of carbonyl (C=O) groups is 1. The van der Waals surface area contributed by atoms with Crippen molar-refractivity contribution in [3.05, 3.63) is 33.9 Å². The number of nitro groups is 1. The number of non-ortho nitro benzene ring substituents is 1. The molecule has 0 bridgehead atoms. The summed E-state index contributed by atoms with van der Waals surface area (Å²) in [4.78, 5) is 27.2. The lowest BCUT2D eigenvalue weighted by Gasteiger charge is -2.26. The van der Waals surface area contributed by atoms with Gasteiger partial charge in [0.05, 0.1) is 17.2 Å². The molecule has 24 heavy (non-hydrogen) atoms. The number of aliphatic hydroxyl groups excluding tert-OH is 1. The molecule has 2 aliphatic rings. The van der Waals surface area contributed by atoms with Gasteiger partial charge in [0, 0.05) is 31.3 Å². The molecule has 0 unspecified atom stereocenters. The van der Waals surface area contributed by atoms with Crippen LogP contribution in [0.5, 0.6) is 0 Å². The van der Waals surface area contributed by atoms with Gasteiger partial charge in [-0.05, 0) is 44.2 Å². The van der Waals surface area contributed by atoms with Crippen LogP contribution in [0.15, 0.2) is 18.2 Å². The van der Waals surface area contributed by atoms with Crippen molar-refractivity contribution in [3.8, 4) is 0 Å². The van der Waals surface area contributed by atoms with Crippen molar-refractivity contribution in [1.82, 2.24) is 4.90 Å². The van der Waals surface area contributed by atoms with Crippen molar-refractivity contribution in [1.29, 1.82) is 0 Å². The number of amides is 1. The van der Waals surface area contributed by atoms with Crippen molar-refractivity contribution in [3.63, 3.8) is 0 Å². The van der Waals surface area contributed by atoms with Gasteiger partial charge in [0.2, 0.25) is 5.91 Å². The molecule has 1 saturated heterocycles. The van der Waals surface area contributed by atoms with Gasteiger partial charge in [-0.1, -0.05) is 6.07 Å². The van der Waals surface area contributed by atoms with Gasteiger partial charge < -0.3 is 10.0 Å². The lowest BCUT2D eigenvalue weighted by atomic mass is 10.1. The molecule has 2 heterocycles. The van der Waals surface area contributed by atoms with Crippen molar-refractivity contribution in [2.24, 2.45) is 0 Å². The third-order valence-corrected chi connectivity index (χ3v) is 5.01. The molecule has 0 spiro atoms. The zero-order valence-electron chi connectivity index (χ0n) is 13.7. The van der Waals surface area contributed by atoms with Gasteiger partial charge in [-0.3, -0.25) is 19.8 Å². The van der Waals surface area contributed by atoms with E-state index in [1.54, 1.807) is 11.0 Å². The molecule has 1 aromatic carbocycles. The number of hydrogen-bond donors (Lipinski definition) is 1. The van der Waals surface area contributed by atoms with E-state index < -0.39 is 4.92 Å². The van der Waals surface area contributed by atoms with Crippen molar-refractivity contribution < 1.29 is 14.8 Å². The van der Waals surface area contributed by atoms with E-state index in [9.17, 15) is 14.9 Å². The van der Waals surface area contributed by atoms with Crippen LogP contribution in [0.1, 0.15) is 31.2 Å². The van der Waals surface area contributed by atoms with E-state index in [4.69, 9.17) is 5.11 Å². The quantitative estimate of drug-likeness (QED) is 0.633. The zero-order chi connectivity index (χ0) is 17.1. The molecule has 1 amide bonds. The Kier molecular flexibility index (Phi) is 5.11. The van der Waals surface area contributed by atoms with Crippen LogP contribution in [0.2, 0.25) is 0 Å². The summed E-state index contributed by atoms with van der Waals surface area (Å²) in [5.74, 6) is 0.00477. The van der Waals surface area contributed by atoms with Crippen LogP contribution in [0, 0.1) is 10.1 Å². The van der Waals surface area contributed by atoms with E-state index in [0.29, 0.717) is 24.8 Å². The van der Waals surface area contributed by atoms with E-state index in [-0.39, 0.29) is 18.2 Å². The van der Waals surface area contributed by atoms with Crippen LogP contribution in [0.3, 0.4) is 0 Å². The lowest BCUT2D eigenvalue weighted by molar-refractivity contribution is -0.384. The van der Waals surface area contributed by atoms with E-state index in [2.05, 4.69) is 4.90 Å². The molecule has 1 atom stereocenters. The highest BCUT2D eigenvalue weighted by molar-refractivity contribution is 5.97. The molecular weight excluding hydrogens is 310 g/mol. The first-order valence-electron chi connectivity index (χ1n) is 8.52. The lowest BCUT2D eigenvalue weighted by Crippen LogP contribution is -2.41. The fourth-order valence-electron chi connectivity index (χ4n) is 3.76. The van der Waals surface area contributed by atoms with E-state index >= 15 is 0 Å². The summed E-state index contributed by atoms with van der Waals surface area (Å²) in [6.45, 7) is 2.02. The minimum Gasteiger partial charge on any atom is -0.396 e. The number of nitrogens with zero attached hydrogens (tertiary/aromatic N) is 3. The highest BCUT2D eigenvalue weighted by Gasteiger charge is 2.31. The Morgan fingerprint density at radius 2 is 2.21 bits per heavy atom. The molecule has 0 aliphatic carbocycles. The number of fused-ring (bicyclic) bond motifs is 1. The van der Waals surface area contributed by atoms with Crippen LogP contribution >= 0.6 is 0 Å². The molecule has 1 N–H and O–H groups in total. The van der Waals surface area contributed by atoms with E-state index in [1.807, 2.05) is 0 Å². The Bertz CT molecular complexity index is 634. The second-order valence-corrected chi connectivity index (χ2v) is 6.50. The molecule has 3 rings (SSSR count). The standard InChI is InChI=1S/C17H23N3O4/c21-10-2-4-14-3-1-8-18(14)12-17(22)19-9-7-13-5-6-15(20(23)24)11-16(13)19/h5-6,11,14,21H,1-4,7-10,12H2/t14-/m1/s1. The predicted molar refractivity (Wildman–Crippen MR) is 90.1 cm³/mol. The Morgan fingerprint density at radius 1 is 1.38 bits per heavy atom. The molecule has 0 aromatic heterocycles. The Morgan fingerprint density at radius 3 is 2.96 bits per heavy atom. The topological polar surface area (TPSA) is 86.9 Å². The maximum atomic E-state index is 12.7. The van der Waals surface area contributed by atoms with Crippen LogP contribution in [0.25, 0.3) is 0 Å². The van der Waals surface area contributed by atoms with Gasteiger partial charge in [0.1, 0.15) is 0 Å². The summed E-state index contributed by atoms with van der Waals surface area (Å²) in [5.41, 5.74) is 1.70. The molecular formula is C17H23N3O4. The second-order valence-electron chi connectivity index (χ2n) is 6.50. The molecule has 130 valence electrons. The summed E-state index contributed by atoms with van der Waals surface area (Å²) in [6.07, 6.45) is 4.55. The van der Waals surface area contributed by atoms with Crippen molar-refractivity contribution >= 4 is 17.3 Å². The summed E-state index contributed by atoms with van der Waals surface area (Å²) < 4.78 is 0. The Balaban J connectivity index is 1.69. The van der Waals surface area contributed by atoms with E-state index in [0.717, 1.165) is 44.2 Å². The molecule has 0 saturated carbocycles. The Hall–Kier alpha value is -1.99. The average molecular weight is 333 g/mol. The first-order chi connectivity index (χ1) is 11.6. The highest BCUT2D eigenvalue weighted by Crippen LogP contribution is 2.32. The fraction of sp³-hybridized carbons (Fsp3) is 0.588. The van der Waals surface area contributed by atoms with Gasteiger partial charge in [-0.25, -0.2) is 0 Å². The highest BCUT2D eigenvalue weighted by atomic mass is 16.6. The third-order valence-electron chi connectivity index (χ3n) is 5.01. The number of benzene rings is 1. The van der Waals surface area contributed by atoms with Gasteiger partial charge in [-0.15, -0.1) is 0 Å². The third kappa shape index (κ3) is 3.42. The average Bonchev–Trinajstić information content (AvgIpc) is 3.18. The number of hydrogen-bond acceptors (Lipinski definition) is 5. The van der Waals surface area contributed by atoms with Gasteiger partial charge in [0.15, 0.2) is 0 Å². The van der Waals surface area contributed by atoms with E-state index in [1.165, 1.54) is 12.1 Å². The molecule has 0 radical (unpaired) electrons. The number of rotatable bonds is 6. The number of carbonyl (C=O) groups excluding carboxylic acids is 1. The second kappa shape index (κ2) is 7.27. The minimum atomic E-state index is -0.424. The maximum absolute atomic E-state index is 12.7. The number of likely N-dealkylation sites (tertiary alicyclic amines) is 1. The molecule has 1 aromatic rings. The van der Waals surface area contributed by atoms with Crippen LogP contribution in [-0.4, -0.2) is 53.1 Å². The maximum Gasteiger partial charge on any atom is 0.271 e. The summed E-state index contributed by atoms with van der Waals surface area (Å²) in [7, 11) is 0. The fourth-order valence-corrected chi connectivity index (χ4v) is 3.76. The SMILES string of the molecule is O=C(CN1CCC[C@@H]1CCCO)N1CCc2ccc([N+](=O)[O-])cc21. The monoisotopic (exact) mass is 333 g/mol. The predicted octanol–water partition coefficient (Wildman–Crippen LogP) is 1.72. The number of nitro benzene ring substituents is 1. The van der Waals surface area contributed by atoms with Gasteiger partial charge in [0.25, 0.3) is 5.69 Å². The smallest absolute Gasteiger partial charge is 0.271 e. The molecule has 2 aliphatic heterocycles. The molecule has 7 nitrogen and oxygen atoms in total. The van der Waals surface area contributed by atoms with Crippen LogP contribution in [-0.2, 0) is 11.2 Å². The largest absolute Gasteiger partial charge is 0.396 e. The van der Waals surface area contributed by atoms with Crippen molar-refractivity contribution in [2.75, 3.05) is 31.1 Å². The minimum absolute atomic E-state index is 0.00477. The summed E-state index contributed by atoms with van der Waals surface area (Å²) in [5, 5.41) is 20.0. The summed E-state index contributed by atoms with van der Waals surface area (Å²) in [6, 6.07) is 5.11. The van der Waals surface area contributed by atoms with Crippen molar-refractivity contribution in [2.45, 2.75) is 38.1 Å².